The van der Waals surface area contributed by atoms with Gasteiger partial charge in [-0.3, -0.25) is 0 Å². The summed E-state index contributed by atoms with van der Waals surface area (Å²) in [4.78, 5) is 13.4. The molecule has 0 saturated heterocycles. The van der Waals surface area contributed by atoms with E-state index in [0.717, 1.165) is 33.7 Å². The molecule has 4 rings (SSSR count). The Morgan fingerprint density at radius 3 is 2.62 bits per heavy atom. The number of hydrogen-bond donors (Lipinski definition) is 0. The van der Waals surface area contributed by atoms with E-state index in [1.807, 2.05) is 41.3 Å². The molecule has 0 unspecified atom stereocenters. The number of esters is 1. The Bertz CT molecular complexity index is 1070. The average Bonchev–Trinajstić information content (AvgIpc) is 3.30. The van der Waals surface area contributed by atoms with Crippen LogP contribution < -0.4 is 9.47 Å². The molecule has 7 heteroatoms. The van der Waals surface area contributed by atoms with Crippen LogP contribution in [0.3, 0.4) is 0 Å². The molecule has 26 heavy (non-hydrogen) atoms. The van der Waals surface area contributed by atoms with Crippen LogP contribution in [0.2, 0.25) is 0 Å². The van der Waals surface area contributed by atoms with Crippen molar-refractivity contribution < 1.29 is 18.7 Å². The molecule has 0 fully saturated rings. The van der Waals surface area contributed by atoms with Gasteiger partial charge in [0, 0.05) is 0 Å². The second kappa shape index (κ2) is 6.78. The molecule has 0 amide bonds. The first-order valence-electron chi connectivity index (χ1n) is 7.82. The summed E-state index contributed by atoms with van der Waals surface area (Å²) in [5.74, 6) is 1.53. The van der Waals surface area contributed by atoms with Crippen molar-refractivity contribution in [2.45, 2.75) is 6.92 Å². The van der Waals surface area contributed by atoms with Gasteiger partial charge < -0.3 is 0 Å². The molecular weight excluding hydrogens is 399 g/mol. The summed E-state index contributed by atoms with van der Waals surface area (Å²) < 4.78 is 20.5. The molecule has 0 aliphatic carbocycles. The van der Waals surface area contributed by atoms with Crippen molar-refractivity contribution in [1.82, 2.24) is 9.19 Å². The van der Waals surface area contributed by atoms with Crippen LogP contribution in [0, 0.1) is 0 Å². The van der Waals surface area contributed by atoms with E-state index in [9.17, 15) is 4.79 Å². The molecule has 0 radical (unpaired) electrons. The van der Waals surface area contributed by atoms with Crippen molar-refractivity contribution in [2.75, 3.05) is 7.11 Å². The fourth-order valence-electron chi connectivity index (χ4n) is 2.69. The molecule has 2 aromatic heterocycles. The van der Waals surface area contributed by atoms with E-state index in [1.54, 1.807) is 13.2 Å². The molecule has 0 saturated carbocycles. The second-order valence-corrected chi connectivity index (χ2v) is 6.89. The van der Waals surface area contributed by atoms with E-state index in [2.05, 4.69) is 9.19 Å². The van der Waals surface area contributed by atoms with Crippen LogP contribution in [0.1, 0.15) is 6.92 Å². The van der Waals surface area contributed by atoms with Gasteiger partial charge in [-0.05, 0) is 0 Å². The maximum absolute atomic E-state index is 11.5. The van der Waals surface area contributed by atoms with E-state index in [0.29, 0.717) is 11.3 Å². The van der Waals surface area contributed by atoms with Crippen LogP contribution in [0.25, 0.3) is 33.6 Å². The van der Waals surface area contributed by atoms with Crippen LogP contribution in [0.4, 0.5) is 0 Å². The van der Waals surface area contributed by atoms with Crippen LogP contribution in [-0.4, -0.2) is 37.0 Å². The Labute approximate surface area is 155 Å². The minimum absolute atomic E-state index is 0.0115. The van der Waals surface area contributed by atoms with Crippen LogP contribution >= 0.6 is 0 Å². The Balaban J connectivity index is 1.83. The van der Waals surface area contributed by atoms with Gasteiger partial charge in [-0.1, -0.05) is 0 Å². The Kier molecular flexibility index (Phi) is 4.32. The second-order valence-electron chi connectivity index (χ2n) is 5.61. The Morgan fingerprint density at radius 2 is 1.96 bits per heavy atom. The summed E-state index contributed by atoms with van der Waals surface area (Å²) in [6.45, 7) is 1.37. The number of rotatable bonds is 4. The molecule has 6 nitrogen and oxygen atoms in total. The first kappa shape index (κ1) is 16.6. The molecule has 2 aromatic carbocycles. The van der Waals surface area contributed by atoms with Crippen molar-refractivity contribution in [1.29, 1.82) is 0 Å². The van der Waals surface area contributed by atoms with Gasteiger partial charge in [-0.2, -0.15) is 0 Å². The molecular formula is C19H14N2O4Se. The summed E-state index contributed by atoms with van der Waals surface area (Å²) in [5, 5.41) is 5.04. The molecule has 0 atom stereocenters. The van der Waals surface area contributed by atoms with Gasteiger partial charge in [-0.15, -0.1) is 0 Å². The standard InChI is InChI=1S/C19H14N2O4Se/c1-11(22)24-19-9-18-13(7-15(19)16-10-26-21-20-16)8-17(25-18)12-3-5-14(23-2)6-4-12/h3-10H,1-2H3. The predicted octanol–water partition coefficient (Wildman–Crippen LogP) is 3.55. The summed E-state index contributed by atoms with van der Waals surface area (Å²) in [7, 11) is 1.63. The zero-order valence-electron chi connectivity index (χ0n) is 14.1. The monoisotopic (exact) mass is 414 g/mol. The van der Waals surface area contributed by atoms with Gasteiger partial charge >= 0.3 is 148 Å². The van der Waals surface area contributed by atoms with Gasteiger partial charge in [0.1, 0.15) is 0 Å². The first-order chi connectivity index (χ1) is 12.6. The number of benzene rings is 2. The van der Waals surface area contributed by atoms with Gasteiger partial charge in [0.2, 0.25) is 0 Å². The molecule has 0 bridgehead atoms. The predicted molar refractivity (Wildman–Crippen MR) is 97.5 cm³/mol. The van der Waals surface area contributed by atoms with E-state index in [-0.39, 0.29) is 14.7 Å². The molecule has 130 valence electrons. The fourth-order valence-corrected chi connectivity index (χ4v) is 3.64. The van der Waals surface area contributed by atoms with E-state index < -0.39 is 5.97 Å². The quantitative estimate of drug-likeness (QED) is 0.290. The number of carbonyl (C=O) groups excluding carboxylic acids is 1. The topological polar surface area (TPSA) is 74.5 Å². The molecule has 0 spiro atoms. The number of furan rings is 1. The number of carbonyl (C=O) groups is 1. The van der Waals surface area contributed by atoms with Crippen molar-refractivity contribution in [3.8, 4) is 34.1 Å². The summed E-state index contributed by atoms with van der Waals surface area (Å²) in [6, 6.07) is 13.2. The number of methoxy groups -OCH3 is 1. The normalized spacial score (nSPS) is 10.8. The maximum atomic E-state index is 11.5. The van der Waals surface area contributed by atoms with Crippen LogP contribution in [-0.2, 0) is 4.79 Å². The van der Waals surface area contributed by atoms with E-state index >= 15 is 0 Å². The van der Waals surface area contributed by atoms with Gasteiger partial charge in [-0.25, -0.2) is 0 Å². The van der Waals surface area contributed by atoms with Crippen molar-refractivity contribution >= 4 is 31.7 Å². The summed E-state index contributed by atoms with van der Waals surface area (Å²) in [6.07, 6.45) is 0. The molecule has 2 heterocycles. The Hall–Kier alpha value is -2.89. The van der Waals surface area contributed by atoms with Crippen LogP contribution in [0.15, 0.2) is 51.8 Å². The molecule has 0 aliphatic rings. The number of nitrogens with zero attached hydrogens (tertiary/aromatic N) is 2. The van der Waals surface area contributed by atoms with Crippen molar-refractivity contribution in [3.05, 3.63) is 47.4 Å². The molecule has 0 aliphatic heterocycles. The third-order valence-corrected chi connectivity index (χ3v) is 4.94. The number of aromatic nitrogens is 2. The summed E-state index contributed by atoms with van der Waals surface area (Å²) in [5.41, 5.74) is 3.02. The van der Waals surface area contributed by atoms with Gasteiger partial charge in [0.25, 0.3) is 0 Å². The zero-order valence-corrected chi connectivity index (χ0v) is 15.8. The van der Waals surface area contributed by atoms with E-state index in [1.165, 1.54) is 6.92 Å². The SMILES string of the molecule is COc1ccc(-c2cc3cc(-c4c[se]nn4)c(OC(C)=O)cc3o2)cc1. The third kappa shape index (κ3) is 3.14. The zero-order chi connectivity index (χ0) is 18.1. The van der Waals surface area contributed by atoms with Gasteiger partial charge in [0.05, 0.1) is 7.11 Å². The van der Waals surface area contributed by atoms with Crippen LogP contribution in [0.5, 0.6) is 11.5 Å². The third-order valence-electron chi connectivity index (χ3n) is 3.88. The molecule has 4 aromatic rings. The number of hydrogen-bond acceptors (Lipinski definition) is 6. The van der Waals surface area contributed by atoms with Gasteiger partial charge in [0.15, 0.2) is 0 Å². The Morgan fingerprint density at radius 1 is 1.15 bits per heavy atom. The summed E-state index contributed by atoms with van der Waals surface area (Å²) >= 11 is -0.0115. The number of ether oxygens (including phenoxy) is 2. The first-order valence-corrected chi connectivity index (χ1v) is 9.57. The number of fused-ring (bicyclic) bond motifs is 1. The van der Waals surface area contributed by atoms with Crippen molar-refractivity contribution in [2.24, 2.45) is 0 Å². The minimum atomic E-state index is -0.395. The van der Waals surface area contributed by atoms with E-state index in [4.69, 9.17) is 13.9 Å². The van der Waals surface area contributed by atoms with Crippen molar-refractivity contribution in [3.63, 3.8) is 0 Å². The average molecular weight is 413 g/mol. The molecule has 0 N–H and O–H groups in total. The fraction of sp³-hybridized carbons (Fsp3) is 0.105.